The Kier molecular flexibility index (Phi) is 3.96. The number of aryl methyl sites for hydroxylation is 1. The number of aliphatic hydroxyl groups is 1. The molecule has 0 bridgehead atoms. The molecule has 0 saturated heterocycles. The molecule has 6 heteroatoms. The first-order valence-electron chi connectivity index (χ1n) is 7.58. The molecule has 3 aromatic rings. The molecule has 0 radical (unpaired) electrons. The summed E-state index contributed by atoms with van der Waals surface area (Å²) < 4.78 is 7.36. The Morgan fingerprint density at radius 2 is 2.12 bits per heavy atom. The molecule has 0 aliphatic rings. The zero-order valence-electron chi connectivity index (χ0n) is 13.8. The molecule has 24 heavy (non-hydrogen) atoms. The minimum absolute atomic E-state index is 0.132. The first kappa shape index (κ1) is 16.0. The number of nitrogens with zero attached hydrogens (tertiary/aromatic N) is 4. The third-order valence-corrected chi connectivity index (χ3v) is 3.53. The highest BCUT2D eigenvalue weighted by Gasteiger charge is 2.16. The second kappa shape index (κ2) is 5.95. The van der Waals surface area contributed by atoms with Gasteiger partial charge in [0.05, 0.1) is 22.9 Å². The Hall–Kier alpha value is -2.91. The van der Waals surface area contributed by atoms with Crippen LogP contribution in [0.2, 0.25) is 0 Å². The van der Waals surface area contributed by atoms with Gasteiger partial charge in [0, 0.05) is 11.6 Å². The van der Waals surface area contributed by atoms with Crippen molar-refractivity contribution in [2.75, 3.05) is 6.61 Å². The van der Waals surface area contributed by atoms with E-state index in [0.29, 0.717) is 23.0 Å². The maximum Gasteiger partial charge on any atom is 0.235 e. The number of para-hydroxylation sites is 1. The topological polar surface area (TPSA) is 84.0 Å². The van der Waals surface area contributed by atoms with E-state index >= 15 is 0 Å². The summed E-state index contributed by atoms with van der Waals surface area (Å²) in [5.74, 6) is 0.999. The molecule has 3 rings (SSSR count). The van der Waals surface area contributed by atoms with Crippen molar-refractivity contribution < 1.29 is 9.84 Å². The average Bonchev–Trinajstić information content (AvgIpc) is 2.97. The van der Waals surface area contributed by atoms with Crippen LogP contribution in [0.4, 0.5) is 0 Å². The SMILES string of the molecule is Cc1nc(-n2ccc3cccc(C#N)c32)cnc1OCC(C)(C)O. The van der Waals surface area contributed by atoms with Crippen LogP contribution < -0.4 is 4.74 Å². The summed E-state index contributed by atoms with van der Waals surface area (Å²) in [6.07, 6.45) is 3.46. The van der Waals surface area contributed by atoms with Gasteiger partial charge in [0.2, 0.25) is 5.88 Å². The highest BCUT2D eigenvalue weighted by molar-refractivity contribution is 5.86. The van der Waals surface area contributed by atoms with E-state index in [4.69, 9.17) is 4.74 Å². The number of fused-ring (bicyclic) bond motifs is 1. The fourth-order valence-electron chi connectivity index (χ4n) is 2.44. The van der Waals surface area contributed by atoms with Crippen LogP contribution in [0.3, 0.4) is 0 Å². The van der Waals surface area contributed by atoms with Gasteiger partial charge in [-0.1, -0.05) is 12.1 Å². The summed E-state index contributed by atoms with van der Waals surface area (Å²) in [6, 6.07) is 9.73. The highest BCUT2D eigenvalue weighted by Crippen LogP contribution is 2.24. The number of rotatable bonds is 4. The molecule has 0 fully saturated rings. The molecular weight excluding hydrogens is 304 g/mol. The van der Waals surface area contributed by atoms with Crippen LogP contribution >= 0.6 is 0 Å². The van der Waals surface area contributed by atoms with E-state index in [2.05, 4.69) is 16.0 Å². The zero-order valence-corrected chi connectivity index (χ0v) is 13.8. The standard InChI is InChI=1S/C18H18N4O2/c1-12-17(24-11-18(2,3)23)20-10-15(21-12)22-8-7-13-5-4-6-14(9-19)16(13)22/h4-8,10,23H,11H2,1-3H3. The van der Waals surface area contributed by atoms with Crippen molar-refractivity contribution in [2.45, 2.75) is 26.4 Å². The highest BCUT2D eigenvalue weighted by atomic mass is 16.5. The lowest BCUT2D eigenvalue weighted by molar-refractivity contribution is 0.0264. The Balaban J connectivity index is 2.00. The molecule has 1 aromatic carbocycles. The van der Waals surface area contributed by atoms with E-state index in [1.807, 2.05) is 29.0 Å². The van der Waals surface area contributed by atoms with Crippen molar-refractivity contribution in [3.05, 3.63) is 47.9 Å². The first-order valence-corrected chi connectivity index (χ1v) is 7.58. The van der Waals surface area contributed by atoms with Crippen molar-refractivity contribution in [1.29, 1.82) is 5.26 Å². The summed E-state index contributed by atoms with van der Waals surface area (Å²) in [6.45, 7) is 5.26. The minimum Gasteiger partial charge on any atom is -0.473 e. The third kappa shape index (κ3) is 3.07. The van der Waals surface area contributed by atoms with Crippen LogP contribution in [0.5, 0.6) is 5.88 Å². The largest absolute Gasteiger partial charge is 0.473 e. The molecule has 2 heterocycles. The van der Waals surface area contributed by atoms with Gasteiger partial charge in [-0.2, -0.15) is 5.26 Å². The van der Waals surface area contributed by atoms with Crippen molar-refractivity contribution in [1.82, 2.24) is 14.5 Å². The van der Waals surface area contributed by atoms with Crippen molar-refractivity contribution in [3.8, 4) is 17.8 Å². The maximum absolute atomic E-state index is 9.74. The van der Waals surface area contributed by atoms with Gasteiger partial charge in [-0.05, 0) is 32.9 Å². The average molecular weight is 322 g/mol. The van der Waals surface area contributed by atoms with Gasteiger partial charge in [-0.3, -0.25) is 4.57 Å². The quantitative estimate of drug-likeness (QED) is 0.798. The van der Waals surface area contributed by atoms with Crippen molar-refractivity contribution in [2.24, 2.45) is 0 Å². The Labute approximate surface area is 140 Å². The predicted molar refractivity (Wildman–Crippen MR) is 90.1 cm³/mol. The van der Waals surface area contributed by atoms with Gasteiger partial charge in [-0.25, -0.2) is 9.97 Å². The molecule has 0 aliphatic heterocycles. The molecule has 0 aliphatic carbocycles. The van der Waals surface area contributed by atoms with E-state index < -0.39 is 5.60 Å². The Morgan fingerprint density at radius 3 is 2.79 bits per heavy atom. The van der Waals surface area contributed by atoms with Gasteiger partial charge in [-0.15, -0.1) is 0 Å². The van der Waals surface area contributed by atoms with E-state index in [-0.39, 0.29) is 6.61 Å². The fraction of sp³-hybridized carbons (Fsp3) is 0.278. The number of hydrogen-bond donors (Lipinski definition) is 1. The van der Waals surface area contributed by atoms with E-state index in [0.717, 1.165) is 10.9 Å². The third-order valence-electron chi connectivity index (χ3n) is 3.53. The molecule has 0 unspecified atom stereocenters. The first-order chi connectivity index (χ1) is 11.4. The van der Waals surface area contributed by atoms with Gasteiger partial charge in [0.15, 0.2) is 5.82 Å². The van der Waals surface area contributed by atoms with Gasteiger partial charge in [0.25, 0.3) is 0 Å². The Bertz CT molecular complexity index is 932. The normalized spacial score (nSPS) is 11.5. The van der Waals surface area contributed by atoms with Gasteiger partial charge < -0.3 is 9.84 Å². The Morgan fingerprint density at radius 1 is 1.33 bits per heavy atom. The smallest absolute Gasteiger partial charge is 0.235 e. The number of benzene rings is 1. The van der Waals surface area contributed by atoms with Crippen LogP contribution in [-0.2, 0) is 0 Å². The summed E-state index contributed by atoms with van der Waals surface area (Å²) in [7, 11) is 0. The van der Waals surface area contributed by atoms with E-state index in [9.17, 15) is 10.4 Å². The summed E-state index contributed by atoms with van der Waals surface area (Å²) in [4.78, 5) is 8.83. The van der Waals surface area contributed by atoms with Crippen LogP contribution in [0.25, 0.3) is 16.7 Å². The lowest BCUT2D eigenvalue weighted by atomic mass is 10.1. The number of nitriles is 1. The number of hydrogen-bond acceptors (Lipinski definition) is 5. The predicted octanol–water partition coefficient (Wildman–Crippen LogP) is 2.75. The monoisotopic (exact) mass is 322 g/mol. The number of ether oxygens (including phenoxy) is 1. The molecule has 0 amide bonds. The molecule has 2 aromatic heterocycles. The van der Waals surface area contributed by atoms with Crippen LogP contribution in [0.15, 0.2) is 36.7 Å². The number of aromatic nitrogens is 3. The van der Waals surface area contributed by atoms with Gasteiger partial charge in [0.1, 0.15) is 18.4 Å². The van der Waals surface area contributed by atoms with Crippen molar-refractivity contribution in [3.63, 3.8) is 0 Å². The zero-order chi connectivity index (χ0) is 17.3. The van der Waals surface area contributed by atoms with Crippen molar-refractivity contribution >= 4 is 10.9 Å². The fourth-order valence-corrected chi connectivity index (χ4v) is 2.44. The molecule has 1 N–H and O–H groups in total. The maximum atomic E-state index is 9.74. The minimum atomic E-state index is -0.939. The molecular formula is C18H18N4O2. The van der Waals surface area contributed by atoms with E-state index in [1.54, 1.807) is 33.0 Å². The molecule has 0 spiro atoms. The molecule has 6 nitrogen and oxygen atoms in total. The second-order valence-electron chi connectivity index (χ2n) is 6.26. The van der Waals surface area contributed by atoms with Gasteiger partial charge >= 0.3 is 0 Å². The molecule has 122 valence electrons. The molecule has 0 saturated carbocycles. The van der Waals surface area contributed by atoms with Crippen LogP contribution in [0, 0.1) is 18.3 Å². The van der Waals surface area contributed by atoms with Crippen LogP contribution in [-0.4, -0.2) is 31.8 Å². The second-order valence-corrected chi connectivity index (χ2v) is 6.26. The van der Waals surface area contributed by atoms with E-state index in [1.165, 1.54) is 0 Å². The lowest BCUT2D eigenvalue weighted by Gasteiger charge is -2.18. The van der Waals surface area contributed by atoms with Crippen LogP contribution in [0.1, 0.15) is 25.1 Å². The summed E-state index contributed by atoms with van der Waals surface area (Å²) in [5.41, 5.74) is 1.07. The summed E-state index contributed by atoms with van der Waals surface area (Å²) in [5, 5.41) is 20.0. The lowest BCUT2D eigenvalue weighted by Crippen LogP contribution is -2.28. The molecule has 0 atom stereocenters. The summed E-state index contributed by atoms with van der Waals surface area (Å²) >= 11 is 0.